The van der Waals surface area contributed by atoms with Gasteiger partial charge in [0.25, 0.3) is 0 Å². The van der Waals surface area contributed by atoms with Gasteiger partial charge in [0.15, 0.2) is 9.84 Å². The van der Waals surface area contributed by atoms with Crippen molar-refractivity contribution in [1.29, 1.82) is 0 Å². The summed E-state index contributed by atoms with van der Waals surface area (Å²) >= 11 is 0. The molecule has 0 bridgehead atoms. The molecule has 0 saturated carbocycles. The van der Waals surface area contributed by atoms with Crippen LogP contribution in [0.1, 0.15) is 12.8 Å². The lowest BCUT2D eigenvalue weighted by molar-refractivity contribution is -0.139. The first-order valence-electron chi connectivity index (χ1n) is 6.33. The van der Waals surface area contributed by atoms with Crippen molar-refractivity contribution in [3.05, 3.63) is 0 Å². The van der Waals surface area contributed by atoms with Crippen molar-refractivity contribution in [3.8, 4) is 0 Å². The normalized spacial score (nSPS) is 19.4. The Balaban J connectivity index is 2.47. The standard InChI is InChI=1S/C11H20N2O6S/c1-19-6-2-3-9(10(14)15)12-11(16)13-4-7-20(17,18)8-5-13/h9H,2-8H2,1H3,(H,12,16)(H,14,15). The topological polar surface area (TPSA) is 113 Å². The molecule has 0 spiro atoms. The summed E-state index contributed by atoms with van der Waals surface area (Å²) in [5.41, 5.74) is 0. The monoisotopic (exact) mass is 308 g/mol. The minimum Gasteiger partial charge on any atom is -0.480 e. The minimum atomic E-state index is -3.07. The van der Waals surface area contributed by atoms with Gasteiger partial charge in [-0.15, -0.1) is 0 Å². The maximum atomic E-state index is 11.9. The highest BCUT2D eigenvalue weighted by Crippen LogP contribution is 2.05. The molecule has 1 aliphatic heterocycles. The number of rotatable bonds is 6. The second kappa shape index (κ2) is 7.44. The SMILES string of the molecule is COCCCC(NC(=O)N1CCS(=O)(=O)CC1)C(=O)O. The molecule has 2 amide bonds. The summed E-state index contributed by atoms with van der Waals surface area (Å²) in [6.45, 7) is 0.610. The Bertz CT molecular complexity index is 436. The molecular formula is C11H20N2O6S. The fourth-order valence-electron chi connectivity index (χ4n) is 1.85. The molecule has 1 unspecified atom stereocenters. The van der Waals surface area contributed by atoms with Crippen molar-refractivity contribution in [2.75, 3.05) is 38.3 Å². The smallest absolute Gasteiger partial charge is 0.326 e. The molecule has 1 saturated heterocycles. The molecule has 2 N–H and O–H groups in total. The van der Waals surface area contributed by atoms with Gasteiger partial charge >= 0.3 is 12.0 Å². The molecule has 9 heteroatoms. The summed E-state index contributed by atoms with van der Waals surface area (Å²) in [4.78, 5) is 24.3. The first kappa shape index (κ1) is 16.7. The molecule has 1 heterocycles. The first-order chi connectivity index (χ1) is 9.35. The van der Waals surface area contributed by atoms with Gasteiger partial charge in [0.1, 0.15) is 6.04 Å². The van der Waals surface area contributed by atoms with Gasteiger partial charge in [-0.1, -0.05) is 0 Å². The van der Waals surface area contributed by atoms with E-state index in [4.69, 9.17) is 9.84 Å². The number of aliphatic carboxylic acids is 1. The van der Waals surface area contributed by atoms with Crippen LogP contribution in [0.15, 0.2) is 0 Å². The van der Waals surface area contributed by atoms with Gasteiger partial charge in [0, 0.05) is 26.8 Å². The zero-order valence-corrected chi connectivity index (χ0v) is 12.2. The number of amides is 2. The fraction of sp³-hybridized carbons (Fsp3) is 0.818. The Morgan fingerprint density at radius 3 is 2.45 bits per heavy atom. The highest BCUT2D eigenvalue weighted by molar-refractivity contribution is 7.91. The van der Waals surface area contributed by atoms with Gasteiger partial charge in [0.2, 0.25) is 0 Å². The maximum absolute atomic E-state index is 11.9. The Morgan fingerprint density at radius 2 is 1.95 bits per heavy atom. The average molecular weight is 308 g/mol. The highest BCUT2D eigenvalue weighted by atomic mass is 32.2. The zero-order valence-electron chi connectivity index (χ0n) is 11.4. The number of carboxylic acids is 1. The van der Waals surface area contributed by atoms with Gasteiger partial charge in [-0.05, 0) is 12.8 Å². The molecule has 20 heavy (non-hydrogen) atoms. The number of urea groups is 1. The number of hydrogen-bond donors (Lipinski definition) is 2. The number of methoxy groups -OCH3 is 1. The average Bonchev–Trinajstić information content (AvgIpc) is 2.37. The maximum Gasteiger partial charge on any atom is 0.326 e. The summed E-state index contributed by atoms with van der Waals surface area (Å²) in [5.74, 6) is -1.27. The number of carbonyl (C=O) groups is 2. The van der Waals surface area contributed by atoms with Crippen LogP contribution in [0.25, 0.3) is 0 Å². The number of nitrogens with one attached hydrogen (secondary N) is 1. The highest BCUT2D eigenvalue weighted by Gasteiger charge is 2.27. The van der Waals surface area contributed by atoms with E-state index in [1.54, 1.807) is 0 Å². The van der Waals surface area contributed by atoms with E-state index < -0.39 is 27.9 Å². The molecule has 116 valence electrons. The van der Waals surface area contributed by atoms with Crippen LogP contribution < -0.4 is 5.32 Å². The van der Waals surface area contributed by atoms with E-state index >= 15 is 0 Å². The molecule has 0 aromatic carbocycles. The van der Waals surface area contributed by atoms with Crippen molar-refractivity contribution in [2.45, 2.75) is 18.9 Å². The van der Waals surface area contributed by atoms with Gasteiger partial charge in [-0.2, -0.15) is 0 Å². The van der Waals surface area contributed by atoms with E-state index in [0.29, 0.717) is 13.0 Å². The van der Waals surface area contributed by atoms with Crippen molar-refractivity contribution in [1.82, 2.24) is 10.2 Å². The molecule has 1 atom stereocenters. The molecule has 0 aromatic rings. The van der Waals surface area contributed by atoms with Crippen LogP contribution in [-0.4, -0.2) is 74.8 Å². The van der Waals surface area contributed by atoms with Crippen LogP contribution in [0, 0.1) is 0 Å². The quantitative estimate of drug-likeness (QED) is 0.628. The summed E-state index contributed by atoms with van der Waals surface area (Å²) in [5, 5.41) is 11.4. The molecule has 0 aliphatic carbocycles. The molecule has 8 nitrogen and oxygen atoms in total. The predicted octanol–water partition coefficient (Wildman–Crippen LogP) is -0.694. The summed E-state index contributed by atoms with van der Waals surface area (Å²) in [7, 11) is -1.55. The van der Waals surface area contributed by atoms with Crippen molar-refractivity contribution >= 4 is 21.8 Å². The van der Waals surface area contributed by atoms with E-state index in [1.165, 1.54) is 12.0 Å². The molecule has 1 rings (SSSR count). The number of nitrogens with zero attached hydrogens (tertiary/aromatic N) is 1. The third kappa shape index (κ3) is 5.33. The van der Waals surface area contributed by atoms with Gasteiger partial charge in [-0.3, -0.25) is 0 Å². The van der Waals surface area contributed by atoms with E-state index in [2.05, 4.69) is 5.32 Å². The Labute approximate surface area is 118 Å². The minimum absolute atomic E-state index is 0.0815. The first-order valence-corrected chi connectivity index (χ1v) is 8.15. The second-order valence-electron chi connectivity index (χ2n) is 4.61. The predicted molar refractivity (Wildman–Crippen MR) is 71.3 cm³/mol. The number of carboxylic acid groups (broad SMARTS) is 1. The third-order valence-corrected chi connectivity index (χ3v) is 4.68. The number of hydrogen-bond acceptors (Lipinski definition) is 5. The van der Waals surface area contributed by atoms with Crippen LogP contribution in [-0.2, 0) is 19.4 Å². The number of sulfone groups is 1. The lowest BCUT2D eigenvalue weighted by Crippen LogP contribution is -2.52. The molecule has 0 radical (unpaired) electrons. The fourth-order valence-corrected chi connectivity index (χ4v) is 3.05. The van der Waals surface area contributed by atoms with Crippen LogP contribution in [0.3, 0.4) is 0 Å². The van der Waals surface area contributed by atoms with Crippen LogP contribution in [0.4, 0.5) is 4.79 Å². The van der Waals surface area contributed by atoms with E-state index in [9.17, 15) is 18.0 Å². The molecular weight excluding hydrogens is 288 g/mol. The Kier molecular flexibility index (Phi) is 6.21. The van der Waals surface area contributed by atoms with E-state index in [-0.39, 0.29) is 31.0 Å². The van der Waals surface area contributed by atoms with Crippen molar-refractivity contribution in [2.24, 2.45) is 0 Å². The van der Waals surface area contributed by atoms with Gasteiger partial charge in [0.05, 0.1) is 11.5 Å². The number of carbonyl (C=O) groups excluding carboxylic acids is 1. The second-order valence-corrected chi connectivity index (χ2v) is 6.92. The Hall–Kier alpha value is -1.35. The largest absolute Gasteiger partial charge is 0.480 e. The van der Waals surface area contributed by atoms with E-state index in [1.807, 2.05) is 0 Å². The molecule has 1 aliphatic rings. The van der Waals surface area contributed by atoms with Gasteiger partial charge < -0.3 is 20.1 Å². The van der Waals surface area contributed by atoms with Crippen LogP contribution in [0.5, 0.6) is 0 Å². The number of ether oxygens (including phenoxy) is 1. The van der Waals surface area contributed by atoms with Crippen LogP contribution >= 0.6 is 0 Å². The van der Waals surface area contributed by atoms with Gasteiger partial charge in [-0.25, -0.2) is 18.0 Å². The lowest BCUT2D eigenvalue weighted by atomic mass is 10.1. The van der Waals surface area contributed by atoms with Crippen molar-refractivity contribution in [3.63, 3.8) is 0 Å². The molecule has 1 fully saturated rings. The van der Waals surface area contributed by atoms with Crippen LogP contribution in [0.2, 0.25) is 0 Å². The summed E-state index contributed by atoms with van der Waals surface area (Å²) in [6.07, 6.45) is 0.781. The zero-order chi connectivity index (χ0) is 15.2. The summed E-state index contributed by atoms with van der Waals surface area (Å²) < 4.78 is 27.3. The van der Waals surface area contributed by atoms with E-state index in [0.717, 1.165) is 0 Å². The summed E-state index contributed by atoms with van der Waals surface area (Å²) in [6, 6.07) is -1.53. The van der Waals surface area contributed by atoms with Crippen molar-refractivity contribution < 1.29 is 27.9 Å². The third-order valence-electron chi connectivity index (χ3n) is 3.07. The lowest BCUT2D eigenvalue weighted by Gasteiger charge is -2.28. The Morgan fingerprint density at radius 1 is 1.35 bits per heavy atom. The molecule has 0 aromatic heterocycles.